The third-order valence-corrected chi connectivity index (χ3v) is 7.18. The Balaban J connectivity index is 1.39. The van der Waals surface area contributed by atoms with Crippen LogP contribution in [0.2, 0.25) is 0 Å². The van der Waals surface area contributed by atoms with Crippen molar-refractivity contribution >= 4 is 45.6 Å². The minimum atomic E-state index is -0.628. The first-order valence-electron chi connectivity index (χ1n) is 10.9. The van der Waals surface area contributed by atoms with E-state index in [0.717, 1.165) is 11.4 Å². The lowest BCUT2D eigenvalue weighted by Gasteiger charge is -2.26. The molecule has 1 aromatic carbocycles. The summed E-state index contributed by atoms with van der Waals surface area (Å²) < 4.78 is 11.2. The van der Waals surface area contributed by atoms with Crippen LogP contribution in [0.25, 0.3) is 0 Å². The lowest BCUT2D eigenvalue weighted by molar-refractivity contribution is -0.385. The van der Waals surface area contributed by atoms with Crippen molar-refractivity contribution in [2.45, 2.75) is 6.42 Å². The fraction of sp³-hybridized carbons (Fsp3) is 0.455. The summed E-state index contributed by atoms with van der Waals surface area (Å²) in [7, 11) is 0. The number of carbonyl (C=O) groups is 3. The molecule has 0 aromatic heterocycles. The smallest absolute Gasteiger partial charge is 0.312 e. The molecule has 0 N–H and O–H groups in total. The van der Waals surface area contributed by atoms with Gasteiger partial charge in [-0.2, -0.15) is 10.1 Å². The van der Waals surface area contributed by atoms with Gasteiger partial charge in [-0.05, 0) is 24.3 Å². The number of carbonyl (C=O) groups excluding carboxylic acids is 3. The van der Waals surface area contributed by atoms with Gasteiger partial charge in [0.2, 0.25) is 5.75 Å². The molecule has 0 unspecified atom stereocenters. The summed E-state index contributed by atoms with van der Waals surface area (Å²) in [5.41, 5.74) is -0.210. The Kier molecular flexibility index (Phi) is 5.94. The van der Waals surface area contributed by atoms with E-state index in [1.54, 1.807) is 4.90 Å². The predicted molar refractivity (Wildman–Crippen MR) is 121 cm³/mol. The summed E-state index contributed by atoms with van der Waals surface area (Å²) in [5, 5.41) is 16.6. The van der Waals surface area contributed by atoms with Gasteiger partial charge in [-0.25, -0.2) is 0 Å². The van der Waals surface area contributed by atoms with Gasteiger partial charge in [0.05, 0.1) is 36.2 Å². The van der Waals surface area contributed by atoms with Crippen molar-refractivity contribution in [1.29, 1.82) is 0 Å². The van der Waals surface area contributed by atoms with Crippen molar-refractivity contribution in [1.82, 2.24) is 9.91 Å². The van der Waals surface area contributed by atoms with E-state index in [9.17, 15) is 24.5 Å². The van der Waals surface area contributed by atoms with E-state index in [1.807, 2.05) is 12.2 Å². The van der Waals surface area contributed by atoms with Crippen LogP contribution in [-0.2, 0) is 19.1 Å². The largest absolute Gasteiger partial charge is 0.476 e. The zero-order valence-electron chi connectivity index (χ0n) is 18.0. The van der Waals surface area contributed by atoms with Crippen LogP contribution < -0.4 is 4.74 Å². The number of amides is 3. The zero-order valence-corrected chi connectivity index (χ0v) is 19.5. The number of nitro benzene ring substituents is 1. The average molecular weight is 533 g/mol. The molecule has 4 aliphatic rings. The van der Waals surface area contributed by atoms with Gasteiger partial charge < -0.3 is 14.4 Å². The van der Waals surface area contributed by atoms with E-state index in [2.05, 4.69) is 21.0 Å². The first-order valence-corrected chi connectivity index (χ1v) is 11.7. The van der Waals surface area contributed by atoms with Gasteiger partial charge in [0.1, 0.15) is 0 Å². The first kappa shape index (κ1) is 22.7. The minimum absolute atomic E-state index is 0.0451. The molecular weight excluding hydrogens is 512 g/mol. The van der Waals surface area contributed by atoms with E-state index < -0.39 is 23.4 Å². The van der Waals surface area contributed by atoms with Crippen molar-refractivity contribution in [2.75, 3.05) is 32.9 Å². The van der Waals surface area contributed by atoms with Gasteiger partial charge in [0.25, 0.3) is 17.7 Å². The molecule has 1 aromatic rings. The van der Waals surface area contributed by atoms with Crippen LogP contribution in [-0.4, -0.2) is 71.7 Å². The van der Waals surface area contributed by atoms with Gasteiger partial charge in [0, 0.05) is 29.2 Å². The summed E-state index contributed by atoms with van der Waals surface area (Å²) in [6.07, 6.45) is 5.97. The van der Waals surface area contributed by atoms with Crippen LogP contribution >= 0.6 is 15.9 Å². The highest BCUT2D eigenvalue weighted by atomic mass is 79.9. The molecule has 1 saturated carbocycles. The predicted octanol–water partition coefficient (Wildman–Crippen LogP) is 1.74. The molecule has 34 heavy (non-hydrogen) atoms. The van der Waals surface area contributed by atoms with Crippen LogP contribution in [0.3, 0.4) is 0 Å². The van der Waals surface area contributed by atoms with Crippen molar-refractivity contribution in [3.63, 3.8) is 0 Å². The second-order valence-corrected chi connectivity index (χ2v) is 9.53. The normalized spacial score (nSPS) is 27.7. The summed E-state index contributed by atoms with van der Waals surface area (Å²) in [6.45, 7) is 1.25. The SMILES string of the molecule is O=C(COc1c(C=NN2C(=O)[C@@H]3[C@H](C2=O)[C@H]2C=C[C@H]3C2)cc(Br)cc1[N+](=O)[O-])N1CCOCC1. The summed E-state index contributed by atoms with van der Waals surface area (Å²) in [5.74, 6) is -1.94. The maximum absolute atomic E-state index is 12.9. The second kappa shape index (κ2) is 8.91. The molecule has 2 saturated heterocycles. The molecule has 2 aliphatic carbocycles. The molecule has 0 radical (unpaired) electrons. The molecule has 12 heteroatoms. The molecule has 3 fully saturated rings. The third-order valence-electron chi connectivity index (χ3n) is 6.72. The highest BCUT2D eigenvalue weighted by Crippen LogP contribution is 2.52. The number of ether oxygens (including phenoxy) is 2. The number of hydrogen-bond donors (Lipinski definition) is 0. The third kappa shape index (κ3) is 3.90. The van der Waals surface area contributed by atoms with Crippen LogP contribution in [0.1, 0.15) is 12.0 Å². The number of morpholine rings is 1. The lowest BCUT2D eigenvalue weighted by atomic mass is 9.85. The van der Waals surface area contributed by atoms with E-state index in [1.165, 1.54) is 18.3 Å². The molecule has 11 nitrogen and oxygen atoms in total. The number of hydrazone groups is 1. The molecule has 5 rings (SSSR count). The number of halogens is 1. The van der Waals surface area contributed by atoms with Gasteiger partial charge in [-0.15, -0.1) is 0 Å². The number of nitro groups is 1. The standard InChI is InChI=1S/C22H21BrN4O7/c23-15-8-14(10-24-26-21(29)18-12-1-2-13(7-12)19(18)22(26)30)20(16(9-15)27(31)32)34-11-17(28)25-3-5-33-6-4-25/h1-2,8-10,12-13,18-19H,3-7,11H2/t12-,13-,18-,19+/m0/s1. The fourth-order valence-corrected chi connectivity index (χ4v) is 5.61. The second-order valence-electron chi connectivity index (χ2n) is 8.61. The Bertz CT molecular complexity index is 1100. The number of allylic oxidation sites excluding steroid dienone is 2. The van der Waals surface area contributed by atoms with Gasteiger partial charge in [0.15, 0.2) is 6.61 Å². The number of fused-ring (bicyclic) bond motifs is 5. The van der Waals surface area contributed by atoms with Crippen LogP contribution in [0.15, 0.2) is 33.9 Å². The monoisotopic (exact) mass is 532 g/mol. The summed E-state index contributed by atoms with van der Waals surface area (Å²) in [6, 6.07) is 2.77. The lowest BCUT2D eigenvalue weighted by Crippen LogP contribution is -2.43. The maximum Gasteiger partial charge on any atom is 0.312 e. The number of benzene rings is 1. The van der Waals surface area contributed by atoms with E-state index in [0.29, 0.717) is 30.8 Å². The highest BCUT2D eigenvalue weighted by Gasteiger charge is 2.59. The Labute approximate surface area is 202 Å². The molecular formula is C22H21BrN4O7. The Hall–Kier alpha value is -3.12. The van der Waals surface area contributed by atoms with Gasteiger partial charge in [-0.3, -0.25) is 24.5 Å². The van der Waals surface area contributed by atoms with Crippen molar-refractivity contribution < 1.29 is 28.8 Å². The molecule has 2 heterocycles. The van der Waals surface area contributed by atoms with E-state index in [-0.39, 0.29) is 46.6 Å². The Morgan fingerprint density at radius 1 is 1.21 bits per heavy atom. The molecule has 0 spiro atoms. The van der Waals surface area contributed by atoms with Crippen molar-refractivity contribution in [3.05, 3.63) is 44.4 Å². The Morgan fingerprint density at radius 2 is 1.85 bits per heavy atom. The number of imide groups is 1. The Morgan fingerprint density at radius 3 is 2.47 bits per heavy atom. The van der Waals surface area contributed by atoms with E-state index >= 15 is 0 Å². The first-order chi connectivity index (χ1) is 16.3. The van der Waals surface area contributed by atoms with Crippen LogP contribution in [0.5, 0.6) is 5.75 Å². The zero-order chi connectivity index (χ0) is 24.0. The quantitative estimate of drug-likeness (QED) is 0.179. The van der Waals surface area contributed by atoms with Gasteiger partial charge in [-0.1, -0.05) is 28.1 Å². The average Bonchev–Trinajstić information content (AvgIpc) is 3.51. The highest BCUT2D eigenvalue weighted by molar-refractivity contribution is 9.10. The number of nitrogens with zero attached hydrogens (tertiary/aromatic N) is 4. The van der Waals surface area contributed by atoms with Crippen LogP contribution in [0, 0.1) is 33.8 Å². The molecule has 178 valence electrons. The maximum atomic E-state index is 12.9. The van der Waals surface area contributed by atoms with E-state index in [4.69, 9.17) is 9.47 Å². The van der Waals surface area contributed by atoms with Crippen LogP contribution in [0.4, 0.5) is 5.69 Å². The molecule has 2 aliphatic heterocycles. The number of hydrogen-bond acceptors (Lipinski definition) is 8. The summed E-state index contributed by atoms with van der Waals surface area (Å²) in [4.78, 5) is 50.8. The molecule has 3 amide bonds. The molecule has 4 atom stereocenters. The molecule has 2 bridgehead atoms. The van der Waals surface area contributed by atoms with Crippen molar-refractivity contribution in [2.24, 2.45) is 28.8 Å². The summed E-state index contributed by atoms with van der Waals surface area (Å²) >= 11 is 3.23. The van der Waals surface area contributed by atoms with Crippen molar-refractivity contribution in [3.8, 4) is 5.75 Å². The number of rotatable bonds is 6. The fourth-order valence-electron chi connectivity index (χ4n) is 5.15. The van der Waals surface area contributed by atoms with Gasteiger partial charge >= 0.3 is 5.69 Å². The minimum Gasteiger partial charge on any atom is -0.476 e. The topological polar surface area (TPSA) is 132 Å².